The Hall–Kier alpha value is -4.66. The standard InChI is InChI=1S/C27H29ClN8O6/c28-20-4-7-23(36-17-30-33-34-36)19(15-20)3-8-24(37)32-22(16-25(38)29-9-10-35-11-13-42-14-12-35)26(39)31-21-5-1-18(2-6-21)27(40)41/h1-8,15,17,22H,9-14,16H2,(H,29,38)(H,31,39)(H,32,37)(H,40,41)/t22-/m0/s1. The molecule has 1 atom stereocenters. The number of amides is 3. The van der Waals surface area contributed by atoms with Gasteiger partial charge in [-0.3, -0.25) is 19.3 Å². The first-order valence-electron chi connectivity index (χ1n) is 13.0. The second-order valence-electron chi connectivity index (χ2n) is 9.23. The van der Waals surface area contributed by atoms with Crippen molar-refractivity contribution in [1.29, 1.82) is 0 Å². The summed E-state index contributed by atoms with van der Waals surface area (Å²) in [5.74, 6) is -2.83. The van der Waals surface area contributed by atoms with Crippen LogP contribution in [-0.4, -0.2) is 99.3 Å². The number of tetrazole rings is 1. The summed E-state index contributed by atoms with van der Waals surface area (Å²) in [5, 5.41) is 28.6. The zero-order valence-corrected chi connectivity index (χ0v) is 23.2. The van der Waals surface area contributed by atoms with Crippen molar-refractivity contribution in [3.05, 3.63) is 71.0 Å². The fourth-order valence-corrected chi connectivity index (χ4v) is 4.28. The summed E-state index contributed by atoms with van der Waals surface area (Å²) in [6.45, 7) is 3.80. The quantitative estimate of drug-likeness (QED) is 0.220. The van der Waals surface area contributed by atoms with Gasteiger partial charge in [0.05, 0.1) is 30.9 Å². The lowest BCUT2D eigenvalue weighted by molar-refractivity contribution is -0.128. The van der Waals surface area contributed by atoms with E-state index in [-0.39, 0.29) is 12.0 Å². The molecule has 1 aliphatic rings. The second-order valence-corrected chi connectivity index (χ2v) is 9.67. The molecule has 4 N–H and O–H groups in total. The Labute approximate surface area is 245 Å². The van der Waals surface area contributed by atoms with Crippen LogP contribution in [0.15, 0.2) is 54.9 Å². The lowest BCUT2D eigenvalue weighted by Crippen LogP contribution is -2.47. The van der Waals surface area contributed by atoms with Crippen LogP contribution in [0.25, 0.3) is 11.8 Å². The van der Waals surface area contributed by atoms with E-state index in [2.05, 4.69) is 36.4 Å². The number of carboxylic acids is 1. The van der Waals surface area contributed by atoms with Gasteiger partial charge in [-0.1, -0.05) is 11.6 Å². The molecule has 220 valence electrons. The molecule has 2 heterocycles. The maximum absolute atomic E-state index is 13.1. The van der Waals surface area contributed by atoms with Crippen LogP contribution in [0.2, 0.25) is 5.02 Å². The zero-order chi connectivity index (χ0) is 29.9. The van der Waals surface area contributed by atoms with Crippen LogP contribution >= 0.6 is 11.6 Å². The number of ether oxygens (including phenoxy) is 1. The van der Waals surface area contributed by atoms with E-state index in [4.69, 9.17) is 21.4 Å². The molecule has 2 aromatic carbocycles. The summed E-state index contributed by atoms with van der Waals surface area (Å²) in [5.41, 5.74) is 1.44. The maximum atomic E-state index is 13.1. The van der Waals surface area contributed by atoms with Crippen molar-refractivity contribution in [3.8, 4) is 5.69 Å². The molecule has 0 aliphatic carbocycles. The van der Waals surface area contributed by atoms with Gasteiger partial charge in [0.25, 0.3) is 0 Å². The summed E-state index contributed by atoms with van der Waals surface area (Å²) in [4.78, 5) is 52.1. The lowest BCUT2D eigenvalue weighted by atomic mass is 10.1. The number of halogens is 1. The van der Waals surface area contributed by atoms with Gasteiger partial charge in [-0.2, -0.15) is 4.68 Å². The molecule has 3 aromatic rings. The monoisotopic (exact) mass is 596 g/mol. The number of anilines is 1. The molecule has 42 heavy (non-hydrogen) atoms. The van der Waals surface area contributed by atoms with E-state index in [9.17, 15) is 19.2 Å². The third-order valence-electron chi connectivity index (χ3n) is 6.28. The number of hydrogen-bond donors (Lipinski definition) is 4. The maximum Gasteiger partial charge on any atom is 0.335 e. The highest BCUT2D eigenvalue weighted by molar-refractivity contribution is 6.30. The number of carboxylic acid groups (broad SMARTS) is 1. The second kappa shape index (κ2) is 14.8. The van der Waals surface area contributed by atoms with Crippen molar-refractivity contribution in [2.45, 2.75) is 12.5 Å². The van der Waals surface area contributed by atoms with Gasteiger partial charge in [0.15, 0.2) is 0 Å². The Balaban J connectivity index is 1.43. The van der Waals surface area contributed by atoms with Crippen LogP contribution in [0.1, 0.15) is 22.3 Å². The largest absolute Gasteiger partial charge is 0.478 e. The van der Waals surface area contributed by atoms with Crippen molar-refractivity contribution in [2.24, 2.45) is 0 Å². The fraction of sp³-hybridized carbons (Fsp3) is 0.296. The van der Waals surface area contributed by atoms with Gasteiger partial charge in [0, 0.05) is 48.5 Å². The normalized spacial score (nSPS) is 14.3. The Bertz CT molecular complexity index is 1420. The van der Waals surface area contributed by atoms with Crippen molar-refractivity contribution in [3.63, 3.8) is 0 Å². The van der Waals surface area contributed by atoms with Crippen molar-refractivity contribution >= 4 is 47.1 Å². The average molecular weight is 597 g/mol. The molecule has 14 nitrogen and oxygen atoms in total. The highest BCUT2D eigenvalue weighted by Crippen LogP contribution is 2.20. The molecule has 0 spiro atoms. The van der Waals surface area contributed by atoms with E-state index in [1.54, 1.807) is 18.2 Å². The van der Waals surface area contributed by atoms with Gasteiger partial charge < -0.3 is 25.8 Å². The van der Waals surface area contributed by atoms with E-state index < -0.39 is 29.7 Å². The number of carbonyl (C=O) groups excluding carboxylic acids is 3. The molecule has 4 rings (SSSR count). The van der Waals surface area contributed by atoms with Crippen molar-refractivity contribution in [2.75, 3.05) is 44.7 Å². The molecule has 0 radical (unpaired) electrons. The topological polar surface area (TPSA) is 181 Å². The first kappa shape index (κ1) is 30.3. The molecule has 1 aliphatic heterocycles. The molecule has 1 aromatic heterocycles. The summed E-state index contributed by atoms with van der Waals surface area (Å²) in [6.07, 6.45) is 3.76. The SMILES string of the molecule is O=C(C=Cc1cc(Cl)ccc1-n1cnnn1)N[C@@H](CC(=O)NCCN1CCOCC1)C(=O)Nc1ccc(C(=O)O)cc1. The van der Waals surface area contributed by atoms with Gasteiger partial charge in [-0.05, 0) is 59.0 Å². The number of carbonyl (C=O) groups is 4. The molecule has 0 bridgehead atoms. The molecule has 0 saturated carbocycles. The summed E-state index contributed by atoms with van der Waals surface area (Å²) >= 11 is 6.14. The number of benzene rings is 2. The lowest BCUT2D eigenvalue weighted by Gasteiger charge is -2.26. The number of aromatic carboxylic acids is 1. The molecule has 3 amide bonds. The van der Waals surface area contributed by atoms with E-state index >= 15 is 0 Å². The van der Waals surface area contributed by atoms with E-state index in [0.29, 0.717) is 48.3 Å². The molecule has 1 fully saturated rings. The highest BCUT2D eigenvalue weighted by Gasteiger charge is 2.24. The molecule has 1 saturated heterocycles. The van der Waals surface area contributed by atoms with Gasteiger partial charge in [-0.15, -0.1) is 5.10 Å². The molecular formula is C27H29ClN8O6. The predicted octanol–water partition coefficient (Wildman–Crippen LogP) is 0.989. The summed E-state index contributed by atoms with van der Waals surface area (Å²) in [7, 11) is 0. The van der Waals surface area contributed by atoms with Crippen molar-refractivity contribution in [1.82, 2.24) is 35.7 Å². The number of aromatic nitrogens is 4. The minimum Gasteiger partial charge on any atom is -0.478 e. The Morgan fingerprint density at radius 3 is 2.55 bits per heavy atom. The minimum atomic E-state index is -1.23. The Morgan fingerprint density at radius 1 is 1.10 bits per heavy atom. The molecular weight excluding hydrogens is 568 g/mol. The molecule has 0 unspecified atom stereocenters. The van der Waals surface area contributed by atoms with E-state index in [1.807, 2.05) is 0 Å². The zero-order valence-electron chi connectivity index (χ0n) is 22.4. The first-order valence-corrected chi connectivity index (χ1v) is 13.4. The third kappa shape index (κ3) is 8.92. The van der Waals surface area contributed by atoms with Gasteiger partial charge in [0.2, 0.25) is 17.7 Å². The number of nitrogens with one attached hydrogen (secondary N) is 3. The summed E-state index contributed by atoms with van der Waals surface area (Å²) < 4.78 is 6.73. The predicted molar refractivity (Wildman–Crippen MR) is 152 cm³/mol. The van der Waals surface area contributed by atoms with Gasteiger partial charge in [-0.25, -0.2) is 4.79 Å². The van der Waals surface area contributed by atoms with Gasteiger partial charge >= 0.3 is 5.97 Å². The highest BCUT2D eigenvalue weighted by atomic mass is 35.5. The van der Waals surface area contributed by atoms with Crippen LogP contribution in [-0.2, 0) is 19.1 Å². The smallest absolute Gasteiger partial charge is 0.335 e. The summed E-state index contributed by atoms with van der Waals surface area (Å²) in [6, 6.07) is 9.22. The number of nitrogens with zero attached hydrogens (tertiary/aromatic N) is 5. The van der Waals surface area contributed by atoms with Gasteiger partial charge in [0.1, 0.15) is 12.4 Å². The van der Waals surface area contributed by atoms with Crippen LogP contribution in [0.4, 0.5) is 5.69 Å². The minimum absolute atomic E-state index is 0.0460. The number of hydrogen-bond acceptors (Lipinski definition) is 9. The number of rotatable bonds is 12. The van der Waals surface area contributed by atoms with E-state index in [1.165, 1.54) is 47.4 Å². The third-order valence-corrected chi connectivity index (χ3v) is 6.51. The Morgan fingerprint density at radius 2 is 1.86 bits per heavy atom. The molecule has 15 heteroatoms. The van der Waals surface area contributed by atoms with Crippen molar-refractivity contribution < 1.29 is 29.0 Å². The van der Waals surface area contributed by atoms with Crippen LogP contribution in [0.5, 0.6) is 0 Å². The van der Waals surface area contributed by atoms with Crippen LogP contribution in [0, 0.1) is 0 Å². The fourth-order valence-electron chi connectivity index (χ4n) is 4.10. The van der Waals surface area contributed by atoms with Crippen LogP contribution < -0.4 is 16.0 Å². The van der Waals surface area contributed by atoms with E-state index in [0.717, 1.165) is 13.1 Å². The number of morpholine rings is 1. The van der Waals surface area contributed by atoms with Crippen LogP contribution in [0.3, 0.4) is 0 Å². The average Bonchev–Trinajstić information content (AvgIpc) is 3.51. The Kier molecular flexibility index (Phi) is 10.7. The first-order chi connectivity index (χ1) is 20.3.